The van der Waals surface area contributed by atoms with Gasteiger partial charge in [0.2, 0.25) is 0 Å². The summed E-state index contributed by atoms with van der Waals surface area (Å²) in [7, 11) is 0. The average molecular weight is 420 g/mol. The molecule has 0 atom stereocenters. The van der Waals surface area contributed by atoms with Crippen molar-refractivity contribution in [3.63, 3.8) is 0 Å². The summed E-state index contributed by atoms with van der Waals surface area (Å²) in [6.45, 7) is 1.72. The van der Waals surface area contributed by atoms with Gasteiger partial charge in [0.15, 0.2) is 11.6 Å². The molecule has 3 aromatic heterocycles. The predicted molar refractivity (Wildman–Crippen MR) is 127 cm³/mol. The molecule has 0 amide bonds. The smallest absolute Gasteiger partial charge is 0.169 e. The van der Waals surface area contributed by atoms with Gasteiger partial charge in [-0.05, 0) is 35.9 Å². The number of rotatable bonds is 4. The molecule has 156 valence electrons. The Bertz CT molecular complexity index is 1520. The highest BCUT2D eigenvalue weighted by atomic mass is 16.3. The number of nitrogen functional groups attached to an aromatic ring is 1. The lowest BCUT2D eigenvalue weighted by atomic mass is 10.1. The molecular weight excluding hydrogens is 400 g/mol. The SMILES string of the molecule is N=C(N)c1cc2ccc(-c3ccc(-c4cc5ccc(C6=NCCN6)cc5[nH]4)nc3)cc2o1. The van der Waals surface area contributed by atoms with Crippen molar-refractivity contribution in [2.75, 3.05) is 13.1 Å². The Hall–Kier alpha value is -4.39. The first kappa shape index (κ1) is 18.4. The van der Waals surface area contributed by atoms with Gasteiger partial charge in [0.1, 0.15) is 11.4 Å². The van der Waals surface area contributed by atoms with E-state index < -0.39 is 0 Å². The number of nitrogens with zero attached hydrogens (tertiary/aromatic N) is 2. The summed E-state index contributed by atoms with van der Waals surface area (Å²) in [6, 6.07) is 20.2. The minimum absolute atomic E-state index is 0.0771. The van der Waals surface area contributed by atoms with Gasteiger partial charge < -0.3 is 20.5 Å². The number of hydrogen-bond acceptors (Lipinski definition) is 5. The first-order valence-electron chi connectivity index (χ1n) is 10.4. The van der Waals surface area contributed by atoms with Gasteiger partial charge in [-0.1, -0.05) is 30.3 Å². The Morgan fingerprint density at radius 1 is 0.938 bits per heavy atom. The molecule has 4 heterocycles. The van der Waals surface area contributed by atoms with E-state index in [1.807, 2.05) is 36.5 Å². The largest absolute Gasteiger partial charge is 0.453 e. The van der Waals surface area contributed by atoms with Crippen molar-refractivity contribution in [1.82, 2.24) is 15.3 Å². The molecule has 0 saturated carbocycles. The van der Waals surface area contributed by atoms with Gasteiger partial charge in [0.05, 0.1) is 17.9 Å². The number of furan rings is 1. The zero-order valence-electron chi connectivity index (χ0n) is 17.1. The number of hydrogen-bond donors (Lipinski definition) is 4. The van der Waals surface area contributed by atoms with Crippen LogP contribution in [0.1, 0.15) is 11.3 Å². The average Bonchev–Trinajstić information content (AvgIpc) is 3.57. The van der Waals surface area contributed by atoms with Gasteiger partial charge in [0.25, 0.3) is 0 Å². The number of benzene rings is 2. The van der Waals surface area contributed by atoms with Crippen LogP contribution in [0.4, 0.5) is 0 Å². The molecule has 0 bridgehead atoms. The van der Waals surface area contributed by atoms with Crippen LogP contribution in [-0.2, 0) is 0 Å². The van der Waals surface area contributed by atoms with Gasteiger partial charge in [-0.25, -0.2) is 0 Å². The predicted octanol–water partition coefficient (Wildman–Crippen LogP) is 4.28. The molecule has 7 heteroatoms. The van der Waals surface area contributed by atoms with E-state index in [1.54, 1.807) is 6.07 Å². The van der Waals surface area contributed by atoms with E-state index in [2.05, 4.69) is 44.5 Å². The molecule has 6 rings (SSSR count). The normalized spacial score (nSPS) is 13.4. The van der Waals surface area contributed by atoms with Gasteiger partial charge in [-0.3, -0.25) is 15.4 Å². The van der Waals surface area contributed by atoms with E-state index in [-0.39, 0.29) is 5.84 Å². The first-order valence-corrected chi connectivity index (χ1v) is 10.4. The maximum Gasteiger partial charge on any atom is 0.169 e. The minimum Gasteiger partial charge on any atom is -0.453 e. The second kappa shape index (κ2) is 7.09. The van der Waals surface area contributed by atoms with Crippen molar-refractivity contribution in [1.29, 1.82) is 5.41 Å². The van der Waals surface area contributed by atoms with E-state index in [9.17, 15) is 0 Å². The number of pyridine rings is 1. The molecule has 1 aliphatic rings. The van der Waals surface area contributed by atoms with Crippen molar-refractivity contribution < 1.29 is 4.42 Å². The number of fused-ring (bicyclic) bond motifs is 2. The summed E-state index contributed by atoms with van der Waals surface area (Å²) < 4.78 is 5.68. The molecule has 5 N–H and O–H groups in total. The lowest BCUT2D eigenvalue weighted by molar-refractivity contribution is 0.603. The highest BCUT2D eigenvalue weighted by Crippen LogP contribution is 2.29. The molecule has 0 radical (unpaired) electrons. The highest BCUT2D eigenvalue weighted by Gasteiger charge is 2.12. The number of amidine groups is 2. The minimum atomic E-state index is -0.0771. The van der Waals surface area contributed by atoms with Gasteiger partial charge in [-0.2, -0.15) is 0 Å². The van der Waals surface area contributed by atoms with Gasteiger partial charge in [-0.15, -0.1) is 0 Å². The maximum absolute atomic E-state index is 7.55. The molecule has 7 nitrogen and oxygen atoms in total. The second-order valence-corrected chi connectivity index (χ2v) is 7.85. The van der Waals surface area contributed by atoms with Crippen LogP contribution in [-0.4, -0.2) is 34.7 Å². The van der Waals surface area contributed by atoms with E-state index in [4.69, 9.17) is 15.6 Å². The molecule has 2 aromatic carbocycles. The Morgan fingerprint density at radius 3 is 2.56 bits per heavy atom. The summed E-state index contributed by atoms with van der Waals surface area (Å²) >= 11 is 0. The monoisotopic (exact) mass is 420 g/mol. The topological polar surface area (TPSA) is 116 Å². The fraction of sp³-hybridized carbons (Fsp3) is 0.0800. The molecule has 0 spiro atoms. The fourth-order valence-corrected chi connectivity index (χ4v) is 4.07. The number of aliphatic imine (C=N–C) groups is 1. The third kappa shape index (κ3) is 3.11. The number of nitrogens with one attached hydrogen (secondary N) is 3. The van der Waals surface area contributed by atoms with Crippen molar-refractivity contribution in [3.05, 3.63) is 78.2 Å². The molecule has 5 aromatic rings. The molecular formula is C25H20N6O. The van der Waals surface area contributed by atoms with Crippen LogP contribution < -0.4 is 11.1 Å². The standard InChI is InChI=1S/C25H20N6O/c26-24(27)23-12-16-3-1-14(11-22(16)32-23)18-5-6-19(30-13-18)21-9-15-2-4-17(10-20(15)31-21)25-28-7-8-29-25/h1-6,9-13,31H,7-8H2,(H3,26,27)(H,28,29). The van der Waals surface area contributed by atoms with Crippen LogP contribution in [0.25, 0.3) is 44.4 Å². The zero-order valence-corrected chi connectivity index (χ0v) is 17.1. The molecule has 0 unspecified atom stereocenters. The highest BCUT2D eigenvalue weighted by molar-refractivity contribution is 6.03. The summed E-state index contributed by atoms with van der Waals surface area (Å²) in [4.78, 5) is 12.7. The molecule has 0 fully saturated rings. The van der Waals surface area contributed by atoms with Crippen molar-refractivity contribution in [2.24, 2.45) is 10.7 Å². The van der Waals surface area contributed by atoms with Crippen molar-refractivity contribution in [3.8, 4) is 22.5 Å². The fourth-order valence-electron chi connectivity index (χ4n) is 4.07. The van der Waals surface area contributed by atoms with Crippen LogP contribution in [0.3, 0.4) is 0 Å². The van der Waals surface area contributed by atoms with Crippen LogP contribution in [0.2, 0.25) is 0 Å². The maximum atomic E-state index is 7.55. The quantitative estimate of drug-likeness (QED) is 0.256. The Kier molecular flexibility index (Phi) is 4.07. The Balaban J connectivity index is 1.31. The van der Waals surface area contributed by atoms with Crippen molar-refractivity contribution >= 4 is 33.5 Å². The van der Waals surface area contributed by atoms with Crippen LogP contribution >= 0.6 is 0 Å². The number of aromatic nitrogens is 2. The van der Waals surface area contributed by atoms with Gasteiger partial charge >= 0.3 is 0 Å². The summed E-state index contributed by atoms with van der Waals surface area (Å²) in [5, 5.41) is 12.9. The third-order valence-electron chi connectivity index (χ3n) is 5.73. The zero-order chi connectivity index (χ0) is 21.7. The second-order valence-electron chi connectivity index (χ2n) is 7.85. The summed E-state index contributed by atoms with van der Waals surface area (Å²) in [5.74, 6) is 1.25. The molecule has 32 heavy (non-hydrogen) atoms. The first-order chi connectivity index (χ1) is 15.6. The van der Waals surface area contributed by atoms with Crippen molar-refractivity contribution in [2.45, 2.75) is 0 Å². The number of aromatic amines is 1. The third-order valence-corrected chi connectivity index (χ3v) is 5.73. The van der Waals surface area contributed by atoms with E-state index in [0.29, 0.717) is 11.3 Å². The molecule has 0 aliphatic carbocycles. The lowest BCUT2D eigenvalue weighted by Gasteiger charge is -2.03. The summed E-state index contributed by atoms with van der Waals surface area (Å²) in [5.41, 5.74) is 12.2. The number of H-pyrrole nitrogens is 1. The molecule has 1 aliphatic heterocycles. The van der Waals surface area contributed by atoms with Crippen LogP contribution in [0.5, 0.6) is 0 Å². The summed E-state index contributed by atoms with van der Waals surface area (Å²) in [6.07, 6.45) is 1.86. The van der Waals surface area contributed by atoms with Crippen LogP contribution in [0.15, 0.2) is 76.3 Å². The van der Waals surface area contributed by atoms with E-state index in [0.717, 1.165) is 63.3 Å². The van der Waals surface area contributed by atoms with E-state index >= 15 is 0 Å². The Morgan fingerprint density at radius 2 is 1.78 bits per heavy atom. The number of nitrogens with two attached hydrogens (primary N) is 1. The lowest BCUT2D eigenvalue weighted by Crippen LogP contribution is -2.19. The Labute approximate surface area is 183 Å². The van der Waals surface area contributed by atoms with Gasteiger partial charge in [0, 0.05) is 40.2 Å². The van der Waals surface area contributed by atoms with Crippen LogP contribution in [0, 0.1) is 5.41 Å². The molecule has 0 saturated heterocycles. The van der Waals surface area contributed by atoms with E-state index in [1.165, 1.54) is 0 Å².